The van der Waals surface area contributed by atoms with Crippen LogP contribution in [0.1, 0.15) is 12.8 Å². The monoisotopic (exact) mass is 109 g/mol. The molecule has 1 aliphatic heterocycles. The molecule has 1 saturated carbocycles. The van der Waals surface area contributed by atoms with E-state index in [2.05, 4.69) is 11.9 Å². The van der Waals surface area contributed by atoms with E-state index in [1.165, 1.54) is 18.4 Å². The standard InChI is InChI=1S/C7H11N/c1-5-4-8-7-3-2-6(5)7/h6-8H,1-4H2. The average Bonchev–Trinajstić information content (AvgIpc) is 1.80. The first-order valence-electron chi connectivity index (χ1n) is 3.29. The Balaban J connectivity index is 2.15. The van der Waals surface area contributed by atoms with Crippen LogP contribution in [0.2, 0.25) is 0 Å². The van der Waals surface area contributed by atoms with Gasteiger partial charge in [-0.15, -0.1) is 0 Å². The lowest BCUT2D eigenvalue weighted by atomic mass is 9.79. The lowest BCUT2D eigenvalue weighted by molar-refractivity contribution is 0.305. The summed E-state index contributed by atoms with van der Waals surface area (Å²) < 4.78 is 0. The largest absolute Gasteiger partial charge is 0.310 e. The van der Waals surface area contributed by atoms with Crippen LogP contribution in [-0.2, 0) is 0 Å². The van der Waals surface area contributed by atoms with Gasteiger partial charge in [0.15, 0.2) is 0 Å². The quantitative estimate of drug-likeness (QED) is 0.456. The zero-order valence-electron chi connectivity index (χ0n) is 4.98. The molecule has 2 unspecified atom stereocenters. The highest BCUT2D eigenvalue weighted by Gasteiger charge is 2.36. The van der Waals surface area contributed by atoms with Crippen molar-refractivity contribution in [3.63, 3.8) is 0 Å². The maximum Gasteiger partial charge on any atom is 0.0168 e. The first-order valence-corrected chi connectivity index (χ1v) is 3.29. The summed E-state index contributed by atoms with van der Waals surface area (Å²) in [6.07, 6.45) is 2.76. The predicted octanol–water partition coefficient (Wildman–Crippen LogP) is 0.924. The molecule has 2 aliphatic rings. The number of fused-ring (bicyclic) bond motifs is 1. The summed E-state index contributed by atoms with van der Waals surface area (Å²) in [7, 11) is 0. The molecule has 2 rings (SSSR count). The third kappa shape index (κ3) is 0.402. The Hall–Kier alpha value is -0.300. The summed E-state index contributed by atoms with van der Waals surface area (Å²) in [6, 6.07) is 0.822. The van der Waals surface area contributed by atoms with Crippen molar-refractivity contribution in [2.75, 3.05) is 6.54 Å². The van der Waals surface area contributed by atoms with E-state index in [4.69, 9.17) is 0 Å². The topological polar surface area (TPSA) is 12.0 Å². The zero-order chi connectivity index (χ0) is 5.56. The van der Waals surface area contributed by atoms with Crippen LogP contribution in [0.4, 0.5) is 0 Å². The first kappa shape index (κ1) is 4.57. The fourth-order valence-electron chi connectivity index (χ4n) is 1.63. The van der Waals surface area contributed by atoms with Gasteiger partial charge < -0.3 is 5.32 Å². The first-order chi connectivity index (χ1) is 3.88. The highest BCUT2D eigenvalue weighted by atomic mass is 15.0. The van der Waals surface area contributed by atoms with Crippen LogP contribution in [-0.4, -0.2) is 12.6 Å². The van der Waals surface area contributed by atoms with Crippen LogP contribution in [0.5, 0.6) is 0 Å². The average molecular weight is 109 g/mol. The fraction of sp³-hybridized carbons (Fsp3) is 0.714. The fourth-order valence-corrected chi connectivity index (χ4v) is 1.63. The van der Waals surface area contributed by atoms with Gasteiger partial charge in [0, 0.05) is 12.6 Å². The summed E-state index contributed by atoms with van der Waals surface area (Å²) >= 11 is 0. The van der Waals surface area contributed by atoms with Crippen LogP contribution >= 0.6 is 0 Å². The molecule has 1 heterocycles. The van der Waals surface area contributed by atoms with E-state index in [0.717, 1.165) is 18.5 Å². The van der Waals surface area contributed by atoms with Crippen molar-refractivity contribution >= 4 is 0 Å². The molecule has 0 radical (unpaired) electrons. The van der Waals surface area contributed by atoms with Crippen LogP contribution in [0.15, 0.2) is 12.2 Å². The van der Waals surface area contributed by atoms with Gasteiger partial charge in [0.25, 0.3) is 0 Å². The van der Waals surface area contributed by atoms with Crippen LogP contribution < -0.4 is 5.32 Å². The Morgan fingerprint density at radius 1 is 1.50 bits per heavy atom. The van der Waals surface area contributed by atoms with Crippen LogP contribution in [0.25, 0.3) is 0 Å². The zero-order valence-corrected chi connectivity index (χ0v) is 4.98. The molecular weight excluding hydrogens is 98.1 g/mol. The summed E-state index contributed by atoms with van der Waals surface area (Å²) in [5, 5.41) is 3.41. The second kappa shape index (κ2) is 1.35. The highest BCUT2D eigenvalue weighted by Crippen LogP contribution is 2.36. The molecule has 1 N–H and O–H groups in total. The van der Waals surface area contributed by atoms with E-state index in [1.807, 2.05) is 0 Å². The summed E-state index contributed by atoms with van der Waals surface area (Å²) in [4.78, 5) is 0. The van der Waals surface area contributed by atoms with Crippen molar-refractivity contribution in [2.24, 2.45) is 5.92 Å². The second-order valence-electron chi connectivity index (χ2n) is 2.83. The van der Waals surface area contributed by atoms with E-state index in [-0.39, 0.29) is 0 Å². The van der Waals surface area contributed by atoms with Crippen molar-refractivity contribution in [3.05, 3.63) is 12.2 Å². The smallest absolute Gasteiger partial charge is 0.0168 e. The Morgan fingerprint density at radius 3 is 2.62 bits per heavy atom. The molecule has 1 heteroatoms. The van der Waals surface area contributed by atoms with E-state index in [1.54, 1.807) is 0 Å². The number of hydrogen-bond donors (Lipinski definition) is 1. The molecule has 1 saturated heterocycles. The van der Waals surface area contributed by atoms with Gasteiger partial charge in [-0.2, -0.15) is 0 Å². The molecule has 0 spiro atoms. The number of hydrogen-bond acceptors (Lipinski definition) is 1. The summed E-state index contributed by atoms with van der Waals surface area (Å²) in [6.45, 7) is 5.05. The minimum absolute atomic E-state index is 0.822. The molecule has 0 aromatic carbocycles. The van der Waals surface area contributed by atoms with Gasteiger partial charge in [-0.05, 0) is 18.8 Å². The molecule has 2 atom stereocenters. The molecule has 44 valence electrons. The Labute approximate surface area is 49.8 Å². The molecule has 8 heavy (non-hydrogen) atoms. The SMILES string of the molecule is C=C1CNC2CCC12. The number of nitrogens with one attached hydrogen (secondary N) is 1. The van der Waals surface area contributed by atoms with Gasteiger partial charge in [0.2, 0.25) is 0 Å². The van der Waals surface area contributed by atoms with Crippen molar-refractivity contribution in [3.8, 4) is 0 Å². The van der Waals surface area contributed by atoms with Crippen molar-refractivity contribution < 1.29 is 0 Å². The lowest BCUT2D eigenvalue weighted by Crippen LogP contribution is -2.35. The van der Waals surface area contributed by atoms with E-state index in [9.17, 15) is 0 Å². The van der Waals surface area contributed by atoms with Gasteiger partial charge in [-0.25, -0.2) is 0 Å². The van der Waals surface area contributed by atoms with Crippen molar-refractivity contribution in [1.29, 1.82) is 0 Å². The van der Waals surface area contributed by atoms with Gasteiger partial charge in [0.05, 0.1) is 0 Å². The molecule has 0 bridgehead atoms. The minimum Gasteiger partial charge on any atom is -0.310 e. The minimum atomic E-state index is 0.822. The molecule has 0 aromatic rings. The van der Waals surface area contributed by atoms with Gasteiger partial charge in [-0.3, -0.25) is 0 Å². The Kier molecular flexibility index (Phi) is 0.770. The van der Waals surface area contributed by atoms with Crippen LogP contribution in [0, 0.1) is 5.92 Å². The third-order valence-electron chi connectivity index (χ3n) is 2.39. The van der Waals surface area contributed by atoms with Gasteiger partial charge in [-0.1, -0.05) is 12.2 Å². The van der Waals surface area contributed by atoms with Crippen molar-refractivity contribution in [2.45, 2.75) is 18.9 Å². The van der Waals surface area contributed by atoms with Gasteiger partial charge >= 0.3 is 0 Å². The molecule has 1 nitrogen and oxygen atoms in total. The summed E-state index contributed by atoms with van der Waals surface area (Å²) in [5.74, 6) is 0.856. The maximum atomic E-state index is 3.97. The highest BCUT2D eigenvalue weighted by molar-refractivity contribution is 5.17. The molecular formula is C7H11N. The van der Waals surface area contributed by atoms with Crippen LogP contribution in [0.3, 0.4) is 0 Å². The van der Waals surface area contributed by atoms with Gasteiger partial charge in [0.1, 0.15) is 0 Å². The predicted molar refractivity (Wildman–Crippen MR) is 33.7 cm³/mol. The summed E-state index contributed by atoms with van der Waals surface area (Å²) in [5.41, 5.74) is 1.43. The van der Waals surface area contributed by atoms with E-state index < -0.39 is 0 Å². The maximum absolute atomic E-state index is 3.97. The molecule has 0 amide bonds. The molecule has 2 fully saturated rings. The van der Waals surface area contributed by atoms with Crippen molar-refractivity contribution in [1.82, 2.24) is 5.32 Å². The number of rotatable bonds is 0. The third-order valence-corrected chi connectivity index (χ3v) is 2.39. The molecule has 1 aliphatic carbocycles. The molecule has 0 aromatic heterocycles. The van der Waals surface area contributed by atoms with E-state index in [0.29, 0.717) is 0 Å². The van der Waals surface area contributed by atoms with E-state index >= 15 is 0 Å². The Bertz CT molecular complexity index is 128. The second-order valence-corrected chi connectivity index (χ2v) is 2.83. The normalized spacial score (nSPS) is 43.8. The Morgan fingerprint density at radius 2 is 2.38 bits per heavy atom. The lowest BCUT2D eigenvalue weighted by Gasteiger charge is -2.29.